The van der Waals surface area contributed by atoms with Crippen LogP contribution in [0.1, 0.15) is 47.6 Å². The van der Waals surface area contributed by atoms with Crippen LogP contribution in [0.3, 0.4) is 0 Å². The fourth-order valence-corrected chi connectivity index (χ4v) is 9.39. The predicted molar refractivity (Wildman–Crippen MR) is 213 cm³/mol. The van der Waals surface area contributed by atoms with Crippen molar-refractivity contribution in [3.8, 4) is 22.5 Å². The Labute approximate surface area is 315 Å². The van der Waals surface area contributed by atoms with Gasteiger partial charge in [-0.3, -0.25) is 0 Å². The molecule has 8 aromatic rings. The maximum absolute atomic E-state index is 6.35. The Hall–Kier alpha value is -4.41. The summed E-state index contributed by atoms with van der Waals surface area (Å²) in [7, 11) is -1.34. The average molecular weight is 859 g/mol. The summed E-state index contributed by atoms with van der Waals surface area (Å²) in [5.74, 6) is 0.534. The van der Waals surface area contributed by atoms with E-state index in [1.165, 1.54) is 65.3 Å². The molecule has 0 aliphatic heterocycles. The van der Waals surface area contributed by atoms with Crippen molar-refractivity contribution < 1.29 is 24.5 Å². The third-order valence-electron chi connectivity index (χ3n) is 10.5. The molecular formula is C46H42IrN2OSi-2. The molecule has 1 aliphatic carbocycles. The smallest absolute Gasteiger partial charge is 0.121 e. The standard InChI is InChI=1S/C29H20NO.C17H22NSi.Ir/c1-16-15-30-29-20(17(16)2)10-11-22-23(29)12-14-24-27(22)28-25(31-24)13-9-19-8-7-18-5-3-4-6-21(18)26(19)28;1-13(2)15-11-16(14-9-7-6-8-10-14)18-12-17(15)19(3,4)5;/h3-9,13-15H,10-11H2,1-2H3;6-9,11-13H,1-5H3;/q2*-1;. The number of aryl methyl sites for hydroxylation is 2. The van der Waals surface area contributed by atoms with E-state index in [4.69, 9.17) is 9.40 Å². The van der Waals surface area contributed by atoms with Crippen LogP contribution in [0.25, 0.3) is 66.0 Å². The van der Waals surface area contributed by atoms with E-state index in [9.17, 15) is 0 Å². The van der Waals surface area contributed by atoms with E-state index in [1.807, 2.05) is 30.5 Å². The number of aromatic nitrogens is 2. The van der Waals surface area contributed by atoms with E-state index in [1.54, 1.807) is 0 Å². The molecule has 5 heteroatoms. The van der Waals surface area contributed by atoms with E-state index in [0.717, 1.165) is 46.5 Å². The number of pyridine rings is 2. The molecule has 3 nitrogen and oxygen atoms in total. The summed E-state index contributed by atoms with van der Waals surface area (Å²) >= 11 is 0. The molecule has 3 aromatic heterocycles. The van der Waals surface area contributed by atoms with E-state index in [0.29, 0.717) is 5.92 Å². The number of rotatable bonds is 3. The molecule has 5 aromatic carbocycles. The zero-order valence-electron chi connectivity index (χ0n) is 30.4. The van der Waals surface area contributed by atoms with E-state index < -0.39 is 8.07 Å². The first-order chi connectivity index (χ1) is 24.1. The second-order valence-electron chi connectivity index (χ2n) is 15.0. The first kappa shape index (κ1) is 35.0. The van der Waals surface area contributed by atoms with Crippen LogP contribution in [0.15, 0.2) is 102 Å². The molecule has 0 atom stereocenters. The topological polar surface area (TPSA) is 38.9 Å². The van der Waals surface area contributed by atoms with Crippen LogP contribution in [0.4, 0.5) is 0 Å². The summed E-state index contributed by atoms with van der Waals surface area (Å²) in [6, 6.07) is 36.4. The summed E-state index contributed by atoms with van der Waals surface area (Å²) in [5.41, 5.74) is 12.9. The number of benzene rings is 5. The number of furan rings is 1. The van der Waals surface area contributed by atoms with Crippen LogP contribution < -0.4 is 5.19 Å². The molecular weight excluding hydrogens is 817 g/mol. The molecule has 0 unspecified atom stereocenters. The van der Waals surface area contributed by atoms with Crippen molar-refractivity contribution in [1.82, 2.24) is 9.97 Å². The molecule has 0 saturated carbocycles. The minimum Gasteiger partial charge on any atom is -0.500 e. The van der Waals surface area contributed by atoms with Crippen molar-refractivity contribution in [2.45, 2.75) is 66.1 Å². The largest absolute Gasteiger partial charge is 0.500 e. The Morgan fingerprint density at radius 3 is 2.25 bits per heavy atom. The summed E-state index contributed by atoms with van der Waals surface area (Å²) in [5, 5.41) is 8.99. The molecule has 0 saturated heterocycles. The van der Waals surface area contributed by atoms with Crippen molar-refractivity contribution in [3.63, 3.8) is 0 Å². The second kappa shape index (κ2) is 13.6. The monoisotopic (exact) mass is 859 g/mol. The molecule has 0 bridgehead atoms. The van der Waals surface area contributed by atoms with Gasteiger partial charge in [-0.2, -0.15) is 0 Å². The summed E-state index contributed by atoms with van der Waals surface area (Å²) in [6.07, 6.45) is 6.08. The molecule has 0 fully saturated rings. The van der Waals surface area contributed by atoms with Crippen molar-refractivity contribution in [3.05, 3.63) is 137 Å². The Bertz CT molecular complexity index is 2580. The van der Waals surface area contributed by atoms with Crippen LogP contribution >= 0.6 is 0 Å². The first-order valence-corrected chi connectivity index (χ1v) is 21.2. The van der Waals surface area contributed by atoms with E-state index in [2.05, 4.69) is 131 Å². The normalized spacial score (nSPS) is 12.5. The molecule has 0 N–H and O–H groups in total. The van der Waals surface area contributed by atoms with Crippen LogP contribution in [0, 0.1) is 26.0 Å². The van der Waals surface area contributed by atoms with Gasteiger partial charge >= 0.3 is 0 Å². The van der Waals surface area contributed by atoms with Crippen LogP contribution in [-0.2, 0) is 32.9 Å². The number of nitrogens with zero attached hydrogens (tertiary/aromatic N) is 2. The Morgan fingerprint density at radius 2 is 1.49 bits per heavy atom. The third kappa shape index (κ3) is 6.16. The minimum atomic E-state index is -1.34. The summed E-state index contributed by atoms with van der Waals surface area (Å²) in [4.78, 5) is 9.50. The van der Waals surface area contributed by atoms with Gasteiger partial charge in [-0.05, 0) is 75.9 Å². The fraction of sp³-hybridized carbons (Fsp3) is 0.217. The maximum atomic E-state index is 6.35. The molecule has 1 aliphatic rings. The van der Waals surface area contributed by atoms with Gasteiger partial charge in [0.15, 0.2) is 0 Å². The summed E-state index contributed by atoms with van der Waals surface area (Å²) in [6.45, 7) is 16.0. The maximum Gasteiger partial charge on any atom is 0.121 e. The van der Waals surface area contributed by atoms with Gasteiger partial charge in [0.2, 0.25) is 0 Å². The Morgan fingerprint density at radius 1 is 0.745 bits per heavy atom. The van der Waals surface area contributed by atoms with E-state index in [-0.39, 0.29) is 20.1 Å². The van der Waals surface area contributed by atoms with Gasteiger partial charge in [-0.15, -0.1) is 59.2 Å². The van der Waals surface area contributed by atoms with Gasteiger partial charge in [0.05, 0.1) is 13.7 Å². The molecule has 3 heterocycles. The quantitative estimate of drug-likeness (QED) is 0.101. The number of hydrogen-bond acceptors (Lipinski definition) is 3. The summed E-state index contributed by atoms with van der Waals surface area (Å²) < 4.78 is 6.35. The minimum absolute atomic E-state index is 0. The fourth-order valence-electron chi connectivity index (χ4n) is 7.71. The molecule has 0 amide bonds. The van der Waals surface area contributed by atoms with Crippen molar-refractivity contribution in [2.24, 2.45) is 0 Å². The van der Waals surface area contributed by atoms with Crippen LogP contribution in [0.5, 0.6) is 0 Å². The molecule has 9 rings (SSSR count). The number of fused-ring (bicyclic) bond motifs is 11. The van der Waals surface area contributed by atoms with Crippen LogP contribution in [-0.4, -0.2) is 18.0 Å². The van der Waals surface area contributed by atoms with Gasteiger partial charge in [0.1, 0.15) is 5.58 Å². The van der Waals surface area contributed by atoms with Crippen molar-refractivity contribution >= 4 is 56.7 Å². The first-order valence-electron chi connectivity index (χ1n) is 17.7. The second-order valence-corrected chi connectivity index (χ2v) is 20.1. The zero-order chi connectivity index (χ0) is 34.7. The molecule has 1 radical (unpaired) electrons. The van der Waals surface area contributed by atoms with Gasteiger partial charge in [-0.1, -0.05) is 111 Å². The Kier molecular flexibility index (Phi) is 9.35. The molecule has 257 valence electrons. The van der Waals surface area contributed by atoms with Crippen LogP contribution in [0.2, 0.25) is 19.6 Å². The molecule has 51 heavy (non-hydrogen) atoms. The van der Waals surface area contributed by atoms with Gasteiger partial charge in [0, 0.05) is 37.9 Å². The van der Waals surface area contributed by atoms with Gasteiger partial charge in [-0.25, -0.2) is 0 Å². The third-order valence-corrected chi connectivity index (χ3v) is 12.5. The number of hydrogen-bond donors (Lipinski definition) is 0. The molecule has 0 spiro atoms. The van der Waals surface area contributed by atoms with Gasteiger partial charge < -0.3 is 14.4 Å². The SMILES string of the molecule is CC(C)c1cc(-c2[c-]cccc2)ncc1[Si](C)(C)C.Cc1cnc2c(c1C)CCc1c-2[c-]cc2oc3ccc4ccc5ccccc5c4c3c12.[Ir]. The van der Waals surface area contributed by atoms with Crippen molar-refractivity contribution in [2.75, 3.05) is 0 Å². The zero-order valence-corrected chi connectivity index (χ0v) is 33.8. The van der Waals surface area contributed by atoms with Gasteiger partial charge in [0.25, 0.3) is 0 Å². The predicted octanol–water partition coefficient (Wildman–Crippen LogP) is 11.7. The average Bonchev–Trinajstić information content (AvgIpc) is 3.52. The van der Waals surface area contributed by atoms with E-state index >= 15 is 0 Å². The van der Waals surface area contributed by atoms with Crippen molar-refractivity contribution in [1.29, 1.82) is 0 Å². The Balaban J connectivity index is 0.000000176.